The molecule has 0 radical (unpaired) electrons. The summed E-state index contributed by atoms with van der Waals surface area (Å²) in [5.74, 6) is -2.58. The van der Waals surface area contributed by atoms with Crippen molar-refractivity contribution in [2.45, 2.75) is 83.2 Å². The van der Waals surface area contributed by atoms with E-state index in [2.05, 4.69) is 15.0 Å². The van der Waals surface area contributed by atoms with Crippen molar-refractivity contribution in [2.75, 3.05) is 6.54 Å². The molecule has 2 aliphatic carbocycles. The molecule has 1 aromatic rings. The van der Waals surface area contributed by atoms with E-state index in [1.807, 2.05) is 13.0 Å². The molecule has 2 heterocycles. The highest BCUT2D eigenvalue weighted by Crippen LogP contribution is 2.38. The maximum absolute atomic E-state index is 14.8. The summed E-state index contributed by atoms with van der Waals surface area (Å²) in [5, 5.41) is 0. The lowest BCUT2D eigenvalue weighted by atomic mass is 9.83. The lowest BCUT2D eigenvalue weighted by Crippen LogP contribution is -2.27. The van der Waals surface area contributed by atoms with Crippen molar-refractivity contribution < 1.29 is 26.3 Å². The second kappa shape index (κ2) is 10.9. The molecule has 4 rings (SSSR count). The largest absolute Gasteiger partial charge is 0.407 e. The Morgan fingerprint density at radius 1 is 1.14 bits per heavy atom. The van der Waals surface area contributed by atoms with E-state index in [-0.39, 0.29) is 30.9 Å². The van der Waals surface area contributed by atoms with E-state index in [4.69, 9.17) is 0 Å². The van der Waals surface area contributed by atoms with Crippen molar-refractivity contribution in [1.82, 2.24) is 4.98 Å². The molecule has 1 unspecified atom stereocenters. The van der Waals surface area contributed by atoms with Gasteiger partial charge in [0.2, 0.25) is 11.9 Å². The molecule has 9 heteroatoms. The van der Waals surface area contributed by atoms with Crippen LogP contribution in [0.4, 0.5) is 26.3 Å². The lowest BCUT2D eigenvalue weighted by molar-refractivity contribution is -0.118. The highest BCUT2D eigenvalue weighted by Gasteiger charge is 2.34. The first-order valence-corrected chi connectivity index (χ1v) is 12.6. The fraction of sp³-hybridized carbons (Fsp3) is 0.593. The van der Waals surface area contributed by atoms with Gasteiger partial charge in [-0.2, -0.15) is 17.6 Å². The van der Waals surface area contributed by atoms with Gasteiger partial charge < -0.3 is 0 Å². The minimum Gasteiger partial charge on any atom is -0.275 e. The Balaban J connectivity index is 1.37. The molecular weight excluding hydrogens is 480 g/mol. The molecule has 0 bridgehead atoms. The Hall–Kier alpha value is -2.45. The Morgan fingerprint density at radius 3 is 2.58 bits per heavy atom. The molecule has 1 aliphatic heterocycles. The molecule has 0 spiro atoms. The standard InChI is InChI=1S/C27H31F6N3/c1-17-4-2-7-21(34-16-27(31,32)33)24-22(14-17)36-23(24)15-19-8-9-20(35-25(19)28)6-3-5-18-10-12-26(29,30)13-11-18/h2,7-9,17-18H,3-6,10-16H2,1H3/b7-2+,34-21?. The van der Waals surface area contributed by atoms with Crippen LogP contribution < -0.4 is 0 Å². The molecule has 36 heavy (non-hydrogen) atoms. The molecule has 0 saturated heterocycles. The number of halogens is 6. The van der Waals surface area contributed by atoms with Crippen LogP contribution in [0.5, 0.6) is 0 Å². The van der Waals surface area contributed by atoms with Crippen LogP contribution in [0, 0.1) is 17.8 Å². The molecule has 0 amide bonds. The van der Waals surface area contributed by atoms with Gasteiger partial charge in [-0.15, -0.1) is 0 Å². The second-order valence-electron chi connectivity index (χ2n) is 10.3. The Labute approximate surface area is 207 Å². The number of alkyl halides is 5. The predicted molar refractivity (Wildman–Crippen MR) is 128 cm³/mol. The van der Waals surface area contributed by atoms with E-state index in [0.29, 0.717) is 59.8 Å². The molecule has 1 fully saturated rings. The number of allylic oxidation sites excluding steroid dienone is 4. The summed E-state index contributed by atoms with van der Waals surface area (Å²) in [6.07, 6.45) is 3.59. The number of aliphatic imine (C=N–C) groups is 2. The highest BCUT2D eigenvalue weighted by atomic mass is 19.4. The molecule has 3 nitrogen and oxygen atoms in total. The maximum Gasteiger partial charge on any atom is 0.407 e. The summed E-state index contributed by atoms with van der Waals surface area (Å²) in [6, 6.07) is 3.40. The third kappa shape index (κ3) is 7.07. The summed E-state index contributed by atoms with van der Waals surface area (Å²) >= 11 is 0. The Morgan fingerprint density at radius 2 is 1.89 bits per heavy atom. The van der Waals surface area contributed by atoms with E-state index < -0.39 is 24.6 Å². The Bertz CT molecular complexity index is 1070. The number of hydrogen-bond donors (Lipinski definition) is 0. The average molecular weight is 512 g/mol. The normalized spacial score (nSPS) is 24.6. The van der Waals surface area contributed by atoms with Crippen LogP contribution in [0.1, 0.15) is 69.5 Å². The zero-order valence-electron chi connectivity index (χ0n) is 20.4. The van der Waals surface area contributed by atoms with Gasteiger partial charge >= 0.3 is 6.18 Å². The van der Waals surface area contributed by atoms with E-state index in [9.17, 15) is 26.3 Å². The average Bonchev–Trinajstić information content (AvgIpc) is 2.77. The molecule has 1 aromatic heterocycles. The quantitative estimate of drug-likeness (QED) is 0.274. The van der Waals surface area contributed by atoms with Crippen LogP contribution in [-0.4, -0.2) is 35.1 Å². The van der Waals surface area contributed by atoms with Gasteiger partial charge in [-0.25, -0.2) is 13.8 Å². The van der Waals surface area contributed by atoms with Gasteiger partial charge in [-0.3, -0.25) is 9.98 Å². The van der Waals surface area contributed by atoms with Crippen LogP contribution in [0.3, 0.4) is 0 Å². The lowest BCUT2D eigenvalue weighted by Gasteiger charge is -2.28. The van der Waals surface area contributed by atoms with E-state index in [0.717, 1.165) is 19.3 Å². The summed E-state index contributed by atoms with van der Waals surface area (Å²) in [4.78, 5) is 12.4. The van der Waals surface area contributed by atoms with Gasteiger partial charge in [-0.1, -0.05) is 25.5 Å². The van der Waals surface area contributed by atoms with Crippen molar-refractivity contribution >= 4 is 11.4 Å². The van der Waals surface area contributed by atoms with Crippen LogP contribution in [0.2, 0.25) is 0 Å². The van der Waals surface area contributed by atoms with Gasteiger partial charge in [0.25, 0.3) is 0 Å². The van der Waals surface area contributed by atoms with Crippen molar-refractivity contribution in [3.05, 3.63) is 52.8 Å². The summed E-state index contributed by atoms with van der Waals surface area (Å²) in [7, 11) is 0. The molecule has 1 atom stereocenters. The molecular formula is C27H31F6N3. The predicted octanol–water partition coefficient (Wildman–Crippen LogP) is 7.61. The first kappa shape index (κ1) is 26.6. The van der Waals surface area contributed by atoms with Crippen LogP contribution in [0.15, 0.2) is 45.5 Å². The van der Waals surface area contributed by atoms with Gasteiger partial charge in [-0.05, 0) is 62.5 Å². The number of pyridine rings is 1. The minimum absolute atomic E-state index is 0.0569. The fourth-order valence-electron chi connectivity index (χ4n) is 5.09. The van der Waals surface area contributed by atoms with Crippen molar-refractivity contribution in [2.24, 2.45) is 21.8 Å². The summed E-state index contributed by atoms with van der Waals surface area (Å²) < 4.78 is 79.8. The van der Waals surface area contributed by atoms with Gasteiger partial charge in [0.05, 0.1) is 17.1 Å². The van der Waals surface area contributed by atoms with E-state index in [1.54, 1.807) is 18.2 Å². The number of hydrogen-bond acceptors (Lipinski definition) is 3. The van der Waals surface area contributed by atoms with Gasteiger partial charge in [0.1, 0.15) is 6.54 Å². The van der Waals surface area contributed by atoms with Crippen molar-refractivity contribution in [1.29, 1.82) is 0 Å². The molecule has 0 aromatic carbocycles. The Kier molecular flexibility index (Phi) is 8.05. The number of aromatic nitrogens is 1. The molecule has 196 valence electrons. The monoisotopic (exact) mass is 511 g/mol. The van der Waals surface area contributed by atoms with Gasteiger partial charge in [0, 0.05) is 36.1 Å². The smallest absolute Gasteiger partial charge is 0.275 e. The van der Waals surface area contributed by atoms with Crippen molar-refractivity contribution in [3.8, 4) is 0 Å². The second-order valence-corrected chi connectivity index (χ2v) is 10.3. The SMILES string of the molecule is CC1C/C=C/C(=NCC(F)(F)F)C2=C(C1)N=C2Cc1ccc(CCCC2CCC(F)(F)CC2)nc1F. The van der Waals surface area contributed by atoms with E-state index >= 15 is 0 Å². The zero-order chi connectivity index (χ0) is 25.9. The van der Waals surface area contributed by atoms with Crippen LogP contribution in [0.25, 0.3) is 0 Å². The number of aryl methyl sites for hydroxylation is 1. The molecule has 1 saturated carbocycles. The number of rotatable bonds is 7. The van der Waals surface area contributed by atoms with Gasteiger partial charge in [0.15, 0.2) is 0 Å². The molecule has 3 aliphatic rings. The highest BCUT2D eigenvalue weighted by molar-refractivity contribution is 6.32. The van der Waals surface area contributed by atoms with Crippen LogP contribution >= 0.6 is 0 Å². The first-order chi connectivity index (χ1) is 17.0. The van der Waals surface area contributed by atoms with E-state index in [1.165, 1.54) is 0 Å². The maximum atomic E-state index is 14.8. The van der Waals surface area contributed by atoms with Crippen LogP contribution in [-0.2, 0) is 12.8 Å². The summed E-state index contributed by atoms with van der Waals surface area (Å²) in [5.41, 5.74) is 2.99. The van der Waals surface area contributed by atoms with Crippen molar-refractivity contribution in [3.63, 3.8) is 0 Å². The zero-order valence-corrected chi connectivity index (χ0v) is 20.4. The molecule has 0 N–H and O–H groups in total. The first-order valence-electron chi connectivity index (χ1n) is 12.6. The number of nitrogens with zero attached hydrogens (tertiary/aromatic N) is 3. The topological polar surface area (TPSA) is 37.6 Å². The summed E-state index contributed by atoms with van der Waals surface area (Å²) in [6.45, 7) is 0.770. The third-order valence-electron chi connectivity index (χ3n) is 7.11. The minimum atomic E-state index is -4.41. The fourth-order valence-corrected chi connectivity index (χ4v) is 5.09. The third-order valence-corrected chi connectivity index (χ3v) is 7.11.